The van der Waals surface area contributed by atoms with Crippen molar-refractivity contribution in [2.24, 2.45) is 0 Å². The van der Waals surface area contributed by atoms with Crippen LogP contribution < -0.4 is 14.8 Å². The summed E-state index contributed by atoms with van der Waals surface area (Å²) < 4.78 is 11.2. The zero-order chi connectivity index (χ0) is 14.7. The molecule has 1 heterocycles. The molecule has 110 valence electrons. The highest BCUT2D eigenvalue weighted by Crippen LogP contribution is 2.38. The number of nitrogens with one attached hydrogen (secondary N) is 1. The topological polar surface area (TPSA) is 30.5 Å². The number of rotatable bonds is 4. The minimum Gasteiger partial charge on any atom is -0.486 e. The third-order valence-corrected chi connectivity index (χ3v) is 4.47. The van der Waals surface area contributed by atoms with E-state index in [2.05, 4.69) is 17.4 Å². The summed E-state index contributed by atoms with van der Waals surface area (Å²) in [7, 11) is 1.93. The largest absolute Gasteiger partial charge is 0.486 e. The maximum Gasteiger partial charge on any atom is 0.162 e. The highest BCUT2D eigenvalue weighted by molar-refractivity contribution is 7.99. The molecule has 0 unspecified atom stereocenters. The molecular weight excluding hydrogens is 306 g/mol. The highest BCUT2D eigenvalue weighted by atomic mass is 35.5. The van der Waals surface area contributed by atoms with Crippen LogP contribution in [-0.4, -0.2) is 20.3 Å². The molecule has 0 spiro atoms. The van der Waals surface area contributed by atoms with Gasteiger partial charge in [0, 0.05) is 21.4 Å². The summed E-state index contributed by atoms with van der Waals surface area (Å²) in [6.45, 7) is 2.00. The lowest BCUT2D eigenvalue weighted by Gasteiger charge is -2.19. The van der Waals surface area contributed by atoms with Crippen LogP contribution in [0.1, 0.15) is 5.56 Å². The van der Waals surface area contributed by atoms with Gasteiger partial charge in [0.05, 0.1) is 0 Å². The van der Waals surface area contributed by atoms with E-state index in [0.29, 0.717) is 13.2 Å². The summed E-state index contributed by atoms with van der Waals surface area (Å²) in [4.78, 5) is 2.31. The summed E-state index contributed by atoms with van der Waals surface area (Å²) in [5.41, 5.74) is 1.19. The van der Waals surface area contributed by atoms with Crippen molar-refractivity contribution < 1.29 is 9.47 Å². The average Bonchev–Trinajstić information content (AvgIpc) is 2.50. The standard InChI is InChI=1S/C16H16ClNO2S/c1-18-10-11-8-12(17)2-5-16(11)21-13-3-4-14-15(9-13)20-7-6-19-14/h2-5,8-9,18H,6-7,10H2,1H3. The van der Waals surface area contributed by atoms with Crippen molar-refractivity contribution in [3.05, 3.63) is 47.0 Å². The van der Waals surface area contributed by atoms with E-state index in [1.54, 1.807) is 11.8 Å². The first-order valence-electron chi connectivity index (χ1n) is 6.77. The first kappa shape index (κ1) is 14.6. The van der Waals surface area contributed by atoms with Gasteiger partial charge >= 0.3 is 0 Å². The molecule has 5 heteroatoms. The monoisotopic (exact) mass is 321 g/mol. The molecule has 0 radical (unpaired) electrons. The molecule has 2 aromatic carbocycles. The Hall–Kier alpha value is -1.36. The first-order chi connectivity index (χ1) is 10.3. The van der Waals surface area contributed by atoms with Gasteiger partial charge in [0.1, 0.15) is 13.2 Å². The van der Waals surface area contributed by atoms with Crippen molar-refractivity contribution in [1.82, 2.24) is 5.32 Å². The van der Waals surface area contributed by atoms with Crippen molar-refractivity contribution in [3.63, 3.8) is 0 Å². The Bertz CT molecular complexity index is 648. The van der Waals surface area contributed by atoms with Crippen LogP contribution in [0.2, 0.25) is 5.02 Å². The first-order valence-corrected chi connectivity index (χ1v) is 7.96. The second-order valence-electron chi connectivity index (χ2n) is 4.69. The molecule has 0 atom stereocenters. The molecule has 3 rings (SSSR count). The lowest BCUT2D eigenvalue weighted by Crippen LogP contribution is -2.15. The molecule has 2 aromatic rings. The van der Waals surface area contributed by atoms with E-state index in [9.17, 15) is 0 Å². The molecule has 0 saturated carbocycles. The van der Waals surface area contributed by atoms with Crippen LogP contribution in [0.15, 0.2) is 46.2 Å². The predicted octanol–water partition coefficient (Wildman–Crippen LogP) is 3.98. The van der Waals surface area contributed by atoms with Gasteiger partial charge in [-0.2, -0.15) is 0 Å². The van der Waals surface area contributed by atoms with Gasteiger partial charge in [-0.1, -0.05) is 23.4 Å². The van der Waals surface area contributed by atoms with Gasteiger partial charge in [-0.3, -0.25) is 0 Å². The van der Waals surface area contributed by atoms with Crippen molar-refractivity contribution >= 4 is 23.4 Å². The summed E-state index contributed by atoms with van der Waals surface area (Å²) in [6, 6.07) is 12.0. The van der Waals surface area contributed by atoms with Crippen LogP contribution in [0.4, 0.5) is 0 Å². The van der Waals surface area contributed by atoms with E-state index in [1.807, 2.05) is 31.3 Å². The highest BCUT2D eigenvalue weighted by Gasteiger charge is 2.13. The van der Waals surface area contributed by atoms with Crippen LogP contribution in [0, 0.1) is 0 Å². The summed E-state index contributed by atoms with van der Waals surface area (Å²) >= 11 is 7.78. The Morgan fingerprint density at radius 1 is 1.10 bits per heavy atom. The number of halogens is 1. The van der Waals surface area contributed by atoms with Crippen LogP contribution >= 0.6 is 23.4 Å². The maximum atomic E-state index is 6.08. The Balaban J connectivity index is 1.86. The fourth-order valence-corrected chi connectivity index (χ4v) is 3.34. The molecule has 0 saturated heterocycles. The third kappa shape index (κ3) is 3.46. The molecule has 0 amide bonds. The van der Waals surface area contributed by atoms with Crippen molar-refractivity contribution in [1.29, 1.82) is 0 Å². The smallest absolute Gasteiger partial charge is 0.162 e. The molecule has 1 N–H and O–H groups in total. The lowest BCUT2D eigenvalue weighted by molar-refractivity contribution is 0.171. The number of fused-ring (bicyclic) bond motifs is 1. The minimum atomic E-state index is 0.604. The average molecular weight is 322 g/mol. The van der Waals surface area contributed by atoms with E-state index < -0.39 is 0 Å². The van der Waals surface area contributed by atoms with Gasteiger partial charge in [0.2, 0.25) is 0 Å². The van der Waals surface area contributed by atoms with Gasteiger partial charge < -0.3 is 14.8 Å². The Labute approximate surface area is 133 Å². The quantitative estimate of drug-likeness (QED) is 0.922. The maximum absolute atomic E-state index is 6.08. The fourth-order valence-electron chi connectivity index (χ4n) is 2.19. The van der Waals surface area contributed by atoms with Crippen LogP contribution in [-0.2, 0) is 6.54 Å². The zero-order valence-electron chi connectivity index (χ0n) is 11.7. The van der Waals surface area contributed by atoms with Gasteiger partial charge in [0.15, 0.2) is 11.5 Å². The fraction of sp³-hybridized carbons (Fsp3) is 0.250. The van der Waals surface area contributed by atoms with Crippen LogP contribution in [0.3, 0.4) is 0 Å². The molecule has 1 aliphatic rings. The Morgan fingerprint density at radius 3 is 2.71 bits per heavy atom. The van der Waals surface area contributed by atoms with E-state index >= 15 is 0 Å². The van der Waals surface area contributed by atoms with Crippen molar-refractivity contribution in [2.45, 2.75) is 16.3 Å². The number of hydrogen-bond acceptors (Lipinski definition) is 4. The normalized spacial score (nSPS) is 13.2. The van der Waals surface area contributed by atoms with E-state index in [4.69, 9.17) is 21.1 Å². The number of ether oxygens (including phenoxy) is 2. The predicted molar refractivity (Wildman–Crippen MR) is 85.8 cm³/mol. The lowest BCUT2D eigenvalue weighted by atomic mass is 10.2. The molecule has 0 fully saturated rings. The second kappa shape index (κ2) is 6.60. The summed E-state index contributed by atoms with van der Waals surface area (Å²) in [5.74, 6) is 1.63. The van der Waals surface area contributed by atoms with Crippen molar-refractivity contribution in [2.75, 3.05) is 20.3 Å². The molecule has 0 bridgehead atoms. The van der Waals surface area contributed by atoms with Gasteiger partial charge in [-0.25, -0.2) is 0 Å². The SMILES string of the molecule is CNCc1cc(Cl)ccc1Sc1ccc2c(c1)OCCO2. The van der Waals surface area contributed by atoms with E-state index in [1.165, 1.54) is 10.5 Å². The second-order valence-corrected chi connectivity index (χ2v) is 6.24. The molecule has 21 heavy (non-hydrogen) atoms. The van der Waals surface area contributed by atoms with Crippen molar-refractivity contribution in [3.8, 4) is 11.5 Å². The van der Waals surface area contributed by atoms with E-state index in [-0.39, 0.29) is 0 Å². The summed E-state index contributed by atoms with van der Waals surface area (Å²) in [6.07, 6.45) is 0. The molecular formula is C16H16ClNO2S. The zero-order valence-corrected chi connectivity index (χ0v) is 13.3. The van der Waals surface area contributed by atoms with E-state index in [0.717, 1.165) is 28.0 Å². The van der Waals surface area contributed by atoms with Gasteiger partial charge in [-0.15, -0.1) is 0 Å². The van der Waals surface area contributed by atoms with Gasteiger partial charge in [-0.05, 0) is 49.0 Å². The Kier molecular flexibility index (Phi) is 4.58. The number of benzene rings is 2. The molecule has 3 nitrogen and oxygen atoms in total. The molecule has 1 aliphatic heterocycles. The van der Waals surface area contributed by atoms with Crippen LogP contribution in [0.25, 0.3) is 0 Å². The van der Waals surface area contributed by atoms with Crippen LogP contribution in [0.5, 0.6) is 11.5 Å². The summed E-state index contributed by atoms with van der Waals surface area (Å²) in [5, 5.41) is 3.93. The molecule has 0 aromatic heterocycles. The van der Waals surface area contributed by atoms with Gasteiger partial charge in [0.25, 0.3) is 0 Å². The third-order valence-electron chi connectivity index (χ3n) is 3.13. The minimum absolute atomic E-state index is 0.604. The molecule has 0 aliphatic carbocycles. The Morgan fingerprint density at radius 2 is 1.90 bits per heavy atom. The number of hydrogen-bond donors (Lipinski definition) is 1.